The average Bonchev–Trinajstić information content (AvgIpc) is 2.42. The normalized spacial score (nSPS) is 12.4. The molecule has 2 nitrogen and oxygen atoms in total. The van der Waals surface area contributed by atoms with Crippen LogP contribution in [-0.2, 0) is 0 Å². The Kier molecular flexibility index (Phi) is 7.94. The van der Waals surface area contributed by atoms with Crippen molar-refractivity contribution in [2.24, 2.45) is 0 Å². The van der Waals surface area contributed by atoms with E-state index in [1.165, 1.54) is 17.7 Å². The molecule has 0 aliphatic rings. The molecular weight excluding hydrogens is 242 g/mol. The van der Waals surface area contributed by atoms with E-state index in [2.05, 4.69) is 43.4 Å². The molecule has 1 aromatic rings. The van der Waals surface area contributed by atoms with Crippen LogP contribution < -0.4 is 10.1 Å². The zero-order valence-corrected chi connectivity index (χ0v) is 12.6. The van der Waals surface area contributed by atoms with E-state index in [0.29, 0.717) is 6.04 Å². The lowest BCUT2D eigenvalue weighted by Crippen LogP contribution is -2.18. The van der Waals surface area contributed by atoms with Crippen molar-refractivity contribution < 1.29 is 4.74 Å². The van der Waals surface area contributed by atoms with Crippen LogP contribution in [0, 0.1) is 0 Å². The average molecular weight is 267 g/mol. The number of ether oxygens (including phenoxy) is 1. The molecule has 0 heterocycles. The van der Waals surface area contributed by atoms with E-state index >= 15 is 0 Å². The summed E-state index contributed by atoms with van der Waals surface area (Å²) in [4.78, 5) is 0. The summed E-state index contributed by atoms with van der Waals surface area (Å²) in [6, 6.07) is 8.90. The van der Waals surface area contributed by atoms with Gasteiger partial charge < -0.3 is 10.1 Å². The van der Waals surface area contributed by atoms with Crippen molar-refractivity contribution in [3.8, 4) is 5.75 Å². The Hall–Kier alpha value is -0.670. The van der Waals surface area contributed by atoms with E-state index in [4.69, 9.17) is 4.74 Å². The van der Waals surface area contributed by atoms with Gasteiger partial charge in [0.05, 0.1) is 6.61 Å². The van der Waals surface area contributed by atoms with Crippen molar-refractivity contribution >= 4 is 11.8 Å². The quantitative estimate of drug-likeness (QED) is 0.686. The second kappa shape index (κ2) is 9.29. The standard InChI is InChI=1S/C15H25NOS/c1-4-10-17-14-8-6-13(7-9-14)15(16-3)12-18-11-5-2/h6-9,15-16H,4-5,10-12H2,1-3H3. The first-order valence-electron chi connectivity index (χ1n) is 6.79. The minimum atomic E-state index is 0.432. The van der Waals surface area contributed by atoms with E-state index in [1.807, 2.05) is 18.8 Å². The smallest absolute Gasteiger partial charge is 0.119 e. The van der Waals surface area contributed by atoms with E-state index in [1.54, 1.807) is 0 Å². The highest BCUT2D eigenvalue weighted by Crippen LogP contribution is 2.21. The van der Waals surface area contributed by atoms with Crippen molar-refractivity contribution in [2.75, 3.05) is 25.2 Å². The number of hydrogen-bond donors (Lipinski definition) is 1. The molecular formula is C15H25NOS. The van der Waals surface area contributed by atoms with E-state index in [-0.39, 0.29) is 0 Å². The first-order valence-corrected chi connectivity index (χ1v) is 7.95. The highest BCUT2D eigenvalue weighted by atomic mass is 32.2. The molecule has 0 spiro atoms. The predicted molar refractivity (Wildman–Crippen MR) is 81.6 cm³/mol. The van der Waals surface area contributed by atoms with Gasteiger partial charge in [0, 0.05) is 11.8 Å². The lowest BCUT2D eigenvalue weighted by atomic mass is 10.1. The van der Waals surface area contributed by atoms with Crippen LogP contribution in [0.2, 0.25) is 0 Å². The second-order valence-electron chi connectivity index (χ2n) is 4.33. The van der Waals surface area contributed by atoms with E-state index in [0.717, 1.165) is 24.5 Å². The number of benzene rings is 1. The molecule has 1 atom stereocenters. The van der Waals surface area contributed by atoms with Gasteiger partial charge in [-0.25, -0.2) is 0 Å². The van der Waals surface area contributed by atoms with Crippen LogP contribution in [0.4, 0.5) is 0 Å². The van der Waals surface area contributed by atoms with Crippen LogP contribution in [0.1, 0.15) is 38.3 Å². The number of hydrogen-bond acceptors (Lipinski definition) is 3. The molecule has 0 amide bonds. The Bertz CT molecular complexity index is 313. The molecule has 1 rings (SSSR count). The second-order valence-corrected chi connectivity index (χ2v) is 5.48. The number of rotatable bonds is 9. The molecule has 1 unspecified atom stereocenters. The molecule has 0 radical (unpaired) electrons. The first-order chi connectivity index (χ1) is 8.81. The fraction of sp³-hybridized carbons (Fsp3) is 0.600. The SMILES string of the molecule is CCCOc1ccc(C(CSCCC)NC)cc1. The van der Waals surface area contributed by atoms with Gasteiger partial charge in [0.25, 0.3) is 0 Å². The maximum atomic E-state index is 5.60. The molecule has 0 aliphatic carbocycles. The zero-order valence-electron chi connectivity index (χ0n) is 11.7. The van der Waals surface area contributed by atoms with Crippen molar-refractivity contribution in [2.45, 2.75) is 32.7 Å². The summed E-state index contributed by atoms with van der Waals surface area (Å²) in [6.45, 7) is 5.14. The summed E-state index contributed by atoms with van der Waals surface area (Å²) < 4.78 is 5.60. The maximum Gasteiger partial charge on any atom is 0.119 e. The Balaban J connectivity index is 2.52. The van der Waals surface area contributed by atoms with Crippen LogP contribution in [0.5, 0.6) is 5.75 Å². The molecule has 0 bridgehead atoms. The van der Waals surface area contributed by atoms with Gasteiger partial charge in [-0.05, 0) is 43.3 Å². The summed E-state index contributed by atoms with van der Waals surface area (Å²) >= 11 is 2.01. The van der Waals surface area contributed by atoms with Gasteiger partial charge in [-0.15, -0.1) is 0 Å². The fourth-order valence-electron chi connectivity index (χ4n) is 1.71. The van der Waals surface area contributed by atoms with Crippen molar-refractivity contribution in [3.05, 3.63) is 29.8 Å². The van der Waals surface area contributed by atoms with Gasteiger partial charge in [0.2, 0.25) is 0 Å². The molecule has 0 saturated carbocycles. The Morgan fingerprint density at radius 2 is 1.89 bits per heavy atom. The van der Waals surface area contributed by atoms with E-state index < -0.39 is 0 Å². The van der Waals surface area contributed by atoms with Crippen LogP contribution >= 0.6 is 11.8 Å². The zero-order chi connectivity index (χ0) is 13.2. The van der Waals surface area contributed by atoms with Gasteiger partial charge in [0.1, 0.15) is 5.75 Å². The molecule has 3 heteroatoms. The van der Waals surface area contributed by atoms with Gasteiger partial charge in [-0.2, -0.15) is 11.8 Å². The van der Waals surface area contributed by atoms with Gasteiger partial charge in [0.15, 0.2) is 0 Å². The summed E-state index contributed by atoms with van der Waals surface area (Å²) in [5, 5.41) is 3.38. The Morgan fingerprint density at radius 3 is 2.44 bits per heavy atom. The third kappa shape index (κ3) is 5.32. The third-order valence-corrected chi connectivity index (χ3v) is 4.00. The fourth-order valence-corrected chi connectivity index (χ4v) is 2.76. The molecule has 18 heavy (non-hydrogen) atoms. The molecule has 102 valence electrons. The largest absolute Gasteiger partial charge is 0.494 e. The van der Waals surface area contributed by atoms with Crippen molar-refractivity contribution in [1.82, 2.24) is 5.32 Å². The molecule has 0 saturated heterocycles. The third-order valence-electron chi connectivity index (χ3n) is 2.74. The van der Waals surface area contributed by atoms with Crippen LogP contribution in [-0.4, -0.2) is 25.2 Å². The van der Waals surface area contributed by atoms with Gasteiger partial charge in [-0.1, -0.05) is 26.0 Å². The summed E-state index contributed by atoms with van der Waals surface area (Å²) in [5.41, 5.74) is 1.34. The first kappa shape index (κ1) is 15.4. The Labute approximate surface area is 116 Å². The van der Waals surface area contributed by atoms with Gasteiger partial charge in [-0.3, -0.25) is 0 Å². The highest BCUT2D eigenvalue weighted by molar-refractivity contribution is 7.99. The molecule has 1 N–H and O–H groups in total. The monoisotopic (exact) mass is 267 g/mol. The predicted octanol–water partition coefficient (Wildman–Crippen LogP) is 3.88. The Morgan fingerprint density at radius 1 is 1.17 bits per heavy atom. The van der Waals surface area contributed by atoms with Gasteiger partial charge >= 0.3 is 0 Å². The highest BCUT2D eigenvalue weighted by Gasteiger charge is 2.08. The lowest BCUT2D eigenvalue weighted by molar-refractivity contribution is 0.317. The summed E-state index contributed by atoms with van der Waals surface area (Å²) in [6.07, 6.45) is 2.29. The van der Waals surface area contributed by atoms with E-state index in [9.17, 15) is 0 Å². The summed E-state index contributed by atoms with van der Waals surface area (Å²) in [7, 11) is 2.03. The summed E-state index contributed by atoms with van der Waals surface area (Å²) in [5.74, 6) is 3.33. The minimum absolute atomic E-state index is 0.432. The van der Waals surface area contributed by atoms with Crippen LogP contribution in [0.15, 0.2) is 24.3 Å². The minimum Gasteiger partial charge on any atom is -0.494 e. The van der Waals surface area contributed by atoms with Crippen LogP contribution in [0.25, 0.3) is 0 Å². The maximum absolute atomic E-state index is 5.60. The van der Waals surface area contributed by atoms with Crippen molar-refractivity contribution in [1.29, 1.82) is 0 Å². The number of nitrogens with one attached hydrogen (secondary N) is 1. The molecule has 0 fully saturated rings. The lowest BCUT2D eigenvalue weighted by Gasteiger charge is -2.16. The van der Waals surface area contributed by atoms with Crippen molar-refractivity contribution in [3.63, 3.8) is 0 Å². The molecule has 0 aromatic heterocycles. The van der Waals surface area contributed by atoms with Crippen LogP contribution in [0.3, 0.4) is 0 Å². The number of thioether (sulfide) groups is 1. The molecule has 1 aromatic carbocycles. The topological polar surface area (TPSA) is 21.3 Å². The molecule has 0 aliphatic heterocycles.